The summed E-state index contributed by atoms with van der Waals surface area (Å²) in [7, 11) is 0. The number of benzene rings is 1. The van der Waals surface area contributed by atoms with Crippen LogP contribution in [0.1, 0.15) is 18.9 Å². The van der Waals surface area contributed by atoms with Crippen LogP contribution >= 0.6 is 0 Å². The van der Waals surface area contributed by atoms with E-state index in [0.717, 1.165) is 12.0 Å². The molecule has 0 atom stereocenters. The Balaban J connectivity index is 2.42. The van der Waals surface area contributed by atoms with E-state index >= 15 is 0 Å². The smallest absolute Gasteiger partial charge is 0.263 e. The average Bonchev–Trinajstić information content (AvgIpc) is 2.45. The zero-order valence-corrected chi connectivity index (χ0v) is 11.4. The number of halogens is 1. The van der Waals surface area contributed by atoms with Gasteiger partial charge in [-0.15, -0.1) is 0 Å². The second-order valence-corrected chi connectivity index (χ2v) is 4.26. The highest BCUT2D eigenvalue weighted by atomic mass is 19.1. The molecule has 20 heavy (non-hydrogen) atoms. The summed E-state index contributed by atoms with van der Waals surface area (Å²) in [5, 5.41) is 14.4. The lowest BCUT2D eigenvalue weighted by atomic mass is 10.1. The second-order valence-electron chi connectivity index (χ2n) is 4.26. The third kappa shape index (κ3) is 5.53. The number of carbonyl (C=O) groups excluding carboxylic acids is 1. The molecule has 1 aromatic carbocycles. The quantitative estimate of drug-likeness (QED) is 0.454. The molecular formula is C15H18FN3O. The summed E-state index contributed by atoms with van der Waals surface area (Å²) in [4.78, 5) is 11.6. The van der Waals surface area contributed by atoms with Gasteiger partial charge in [0.1, 0.15) is 17.5 Å². The number of nitrogens with zero attached hydrogens (tertiary/aromatic N) is 1. The highest BCUT2D eigenvalue weighted by molar-refractivity contribution is 5.97. The van der Waals surface area contributed by atoms with Crippen molar-refractivity contribution in [2.45, 2.75) is 19.8 Å². The van der Waals surface area contributed by atoms with Crippen molar-refractivity contribution in [2.24, 2.45) is 0 Å². The van der Waals surface area contributed by atoms with E-state index in [2.05, 4.69) is 10.6 Å². The van der Waals surface area contributed by atoms with Crippen molar-refractivity contribution >= 4 is 5.91 Å². The van der Waals surface area contributed by atoms with Crippen molar-refractivity contribution in [3.63, 3.8) is 0 Å². The Labute approximate surface area is 118 Å². The van der Waals surface area contributed by atoms with Crippen LogP contribution in [0.4, 0.5) is 4.39 Å². The van der Waals surface area contributed by atoms with Crippen molar-refractivity contribution < 1.29 is 9.18 Å². The molecule has 0 aromatic heterocycles. The molecule has 5 heteroatoms. The molecule has 0 heterocycles. The maximum atomic E-state index is 13.0. The van der Waals surface area contributed by atoms with Gasteiger partial charge in [0.15, 0.2) is 0 Å². The van der Waals surface area contributed by atoms with Crippen molar-refractivity contribution in [1.82, 2.24) is 10.6 Å². The van der Waals surface area contributed by atoms with Crippen LogP contribution < -0.4 is 10.6 Å². The fourth-order valence-corrected chi connectivity index (χ4v) is 1.57. The van der Waals surface area contributed by atoms with Gasteiger partial charge in [0.25, 0.3) is 5.91 Å². The fourth-order valence-electron chi connectivity index (χ4n) is 1.57. The van der Waals surface area contributed by atoms with Crippen LogP contribution in [-0.4, -0.2) is 19.0 Å². The van der Waals surface area contributed by atoms with Crippen molar-refractivity contribution in [3.8, 4) is 6.07 Å². The van der Waals surface area contributed by atoms with Gasteiger partial charge in [-0.05, 0) is 30.5 Å². The van der Waals surface area contributed by atoms with Crippen LogP contribution in [-0.2, 0) is 11.2 Å². The number of rotatable bonds is 7. The molecule has 1 rings (SSSR count). The van der Waals surface area contributed by atoms with E-state index in [1.54, 1.807) is 6.07 Å². The summed E-state index contributed by atoms with van der Waals surface area (Å²) < 4.78 is 13.0. The summed E-state index contributed by atoms with van der Waals surface area (Å²) in [6.45, 7) is 3.00. The molecule has 0 radical (unpaired) electrons. The summed E-state index contributed by atoms with van der Waals surface area (Å²) in [5.74, 6) is -0.651. The standard InChI is InChI=1S/C15H18FN3O/c1-2-7-19-15(20)13(10-17)11-18-8-6-12-4-3-5-14(16)9-12/h3-5,9,11,18H,2,6-8H2,1H3,(H,19,20)/b13-11-. The molecule has 2 N–H and O–H groups in total. The van der Waals surface area contributed by atoms with Gasteiger partial charge >= 0.3 is 0 Å². The zero-order valence-electron chi connectivity index (χ0n) is 11.4. The van der Waals surface area contributed by atoms with Crippen LogP contribution in [0.5, 0.6) is 0 Å². The molecule has 4 nitrogen and oxygen atoms in total. The van der Waals surface area contributed by atoms with Gasteiger partial charge in [-0.1, -0.05) is 19.1 Å². The number of hydrogen-bond donors (Lipinski definition) is 2. The lowest BCUT2D eigenvalue weighted by Gasteiger charge is -2.04. The largest absolute Gasteiger partial charge is 0.389 e. The van der Waals surface area contributed by atoms with E-state index in [1.165, 1.54) is 18.3 Å². The molecule has 1 aromatic rings. The molecule has 0 aliphatic rings. The van der Waals surface area contributed by atoms with E-state index < -0.39 is 0 Å². The Kier molecular flexibility index (Phi) is 6.83. The minimum Gasteiger partial charge on any atom is -0.389 e. The summed E-state index contributed by atoms with van der Waals surface area (Å²) in [6.07, 6.45) is 2.82. The molecule has 0 saturated heterocycles. The number of nitriles is 1. The first-order valence-electron chi connectivity index (χ1n) is 6.53. The highest BCUT2D eigenvalue weighted by Gasteiger charge is 2.06. The van der Waals surface area contributed by atoms with Crippen LogP contribution in [0.25, 0.3) is 0 Å². The molecule has 1 amide bonds. The SMILES string of the molecule is CCCNC(=O)/C(C#N)=C\NCCc1cccc(F)c1. The molecule has 106 valence electrons. The Hall–Kier alpha value is -2.35. The van der Waals surface area contributed by atoms with Gasteiger partial charge < -0.3 is 10.6 Å². The number of hydrogen-bond acceptors (Lipinski definition) is 3. The average molecular weight is 275 g/mol. The van der Waals surface area contributed by atoms with E-state index in [4.69, 9.17) is 5.26 Å². The van der Waals surface area contributed by atoms with Crippen molar-refractivity contribution in [2.75, 3.05) is 13.1 Å². The minimum absolute atomic E-state index is 0.0395. The van der Waals surface area contributed by atoms with Crippen molar-refractivity contribution in [1.29, 1.82) is 5.26 Å². The van der Waals surface area contributed by atoms with Crippen LogP contribution in [0.15, 0.2) is 36.0 Å². The Bertz CT molecular complexity index is 520. The maximum Gasteiger partial charge on any atom is 0.263 e. The van der Waals surface area contributed by atoms with E-state index in [9.17, 15) is 9.18 Å². The topological polar surface area (TPSA) is 64.9 Å². The van der Waals surface area contributed by atoms with Gasteiger partial charge in [0, 0.05) is 19.3 Å². The van der Waals surface area contributed by atoms with Crippen LogP contribution in [0, 0.1) is 17.1 Å². The molecule has 0 unspecified atom stereocenters. The molecule has 0 fully saturated rings. The monoisotopic (exact) mass is 275 g/mol. The first-order chi connectivity index (χ1) is 9.67. The first kappa shape index (κ1) is 15.7. The highest BCUT2D eigenvalue weighted by Crippen LogP contribution is 2.03. The molecule has 0 aliphatic heterocycles. The fraction of sp³-hybridized carbons (Fsp3) is 0.333. The van der Waals surface area contributed by atoms with Gasteiger partial charge in [0.05, 0.1) is 0 Å². The molecule has 0 bridgehead atoms. The van der Waals surface area contributed by atoms with Crippen LogP contribution in [0.3, 0.4) is 0 Å². The molecule has 0 saturated carbocycles. The number of carbonyl (C=O) groups is 1. The van der Waals surface area contributed by atoms with E-state index in [0.29, 0.717) is 19.5 Å². The minimum atomic E-state index is -0.382. The zero-order chi connectivity index (χ0) is 14.8. The summed E-state index contributed by atoms with van der Waals surface area (Å²) in [6, 6.07) is 8.18. The van der Waals surface area contributed by atoms with E-state index in [1.807, 2.05) is 19.1 Å². The summed E-state index contributed by atoms with van der Waals surface area (Å²) >= 11 is 0. The third-order valence-electron chi connectivity index (χ3n) is 2.59. The van der Waals surface area contributed by atoms with Gasteiger partial charge in [-0.2, -0.15) is 5.26 Å². The molecule has 0 aliphatic carbocycles. The lowest BCUT2D eigenvalue weighted by Crippen LogP contribution is -2.26. The maximum absolute atomic E-state index is 13.0. The Morgan fingerprint density at radius 2 is 2.25 bits per heavy atom. The molecular weight excluding hydrogens is 257 g/mol. The first-order valence-corrected chi connectivity index (χ1v) is 6.53. The number of amides is 1. The lowest BCUT2D eigenvalue weighted by molar-refractivity contribution is -0.117. The predicted octanol–water partition coefficient (Wildman–Crippen LogP) is 1.89. The Morgan fingerprint density at radius 1 is 1.45 bits per heavy atom. The third-order valence-corrected chi connectivity index (χ3v) is 2.59. The van der Waals surface area contributed by atoms with Gasteiger partial charge in [-0.25, -0.2) is 4.39 Å². The molecule has 0 spiro atoms. The van der Waals surface area contributed by atoms with Crippen molar-refractivity contribution in [3.05, 3.63) is 47.4 Å². The normalized spacial score (nSPS) is 10.8. The Morgan fingerprint density at radius 3 is 2.90 bits per heavy atom. The van der Waals surface area contributed by atoms with Crippen LogP contribution in [0.2, 0.25) is 0 Å². The second kappa shape index (κ2) is 8.70. The van der Waals surface area contributed by atoms with Gasteiger partial charge in [0.2, 0.25) is 0 Å². The van der Waals surface area contributed by atoms with Gasteiger partial charge in [-0.3, -0.25) is 4.79 Å². The number of nitrogens with one attached hydrogen (secondary N) is 2. The van der Waals surface area contributed by atoms with E-state index in [-0.39, 0.29) is 17.3 Å². The summed E-state index contributed by atoms with van der Waals surface area (Å²) in [5.41, 5.74) is 0.900. The predicted molar refractivity (Wildman–Crippen MR) is 75.1 cm³/mol.